The Bertz CT molecular complexity index is 210. The number of H-pyrrole nitrogens is 1. The summed E-state index contributed by atoms with van der Waals surface area (Å²) in [4.78, 5) is 4.33. The van der Waals surface area contributed by atoms with E-state index in [1.54, 1.807) is 11.3 Å². The van der Waals surface area contributed by atoms with E-state index in [-0.39, 0.29) is 0 Å². The van der Waals surface area contributed by atoms with Crippen molar-refractivity contribution in [2.24, 2.45) is 0 Å². The van der Waals surface area contributed by atoms with E-state index in [9.17, 15) is 0 Å². The van der Waals surface area contributed by atoms with Gasteiger partial charge in [0, 0.05) is 10.6 Å². The highest BCUT2D eigenvalue weighted by atomic mass is 32.1. The van der Waals surface area contributed by atoms with Crippen molar-refractivity contribution in [1.29, 1.82) is 0 Å². The fourth-order valence-corrected chi connectivity index (χ4v) is 1.70. The lowest BCUT2D eigenvalue weighted by Gasteiger charge is -1.79. The molecule has 0 radical (unpaired) electrons. The summed E-state index contributed by atoms with van der Waals surface area (Å²) in [6.45, 7) is 4.09. The van der Waals surface area contributed by atoms with E-state index in [0.717, 1.165) is 3.95 Å². The van der Waals surface area contributed by atoms with Crippen LogP contribution in [-0.4, -0.2) is 4.98 Å². The lowest BCUT2D eigenvalue weighted by Crippen LogP contribution is -1.69. The van der Waals surface area contributed by atoms with Crippen molar-refractivity contribution >= 4 is 23.6 Å². The Labute approximate surface area is 57.4 Å². The van der Waals surface area contributed by atoms with Crippen LogP contribution in [0.15, 0.2) is 0 Å². The number of aromatic nitrogens is 1. The number of aryl methyl sites for hydroxylation is 2. The van der Waals surface area contributed by atoms with Crippen LogP contribution in [0.5, 0.6) is 0 Å². The van der Waals surface area contributed by atoms with Crippen molar-refractivity contribution in [3.63, 3.8) is 0 Å². The van der Waals surface area contributed by atoms with Crippen LogP contribution in [-0.2, 0) is 0 Å². The molecule has 1 aromatic rings. The number of aromatic amines is 1. The SMILES string of the molecule is Cc1[nH]c(=S)sc1C. The molecule has 0 unspecified atom stereocenters. The van der Waals surface area contributed by atoms with Crippen molar-refractivity contribution in [3.05, 3.63) is 14.5 Å². The molecule has 0 aliphatic rings. The summed E-state index contributed by atoms with van der Waals surface area (Å²) in [6.07, 6.45) is 0. The number of nitrogens with one attached hydrogen (secondary N) is 1. The van der Waals surface area contributed by atoms with Gasteiger partial charge in [-0.1, -0.05) is 0 Å². The molecule has 0 aliphatic carbocycles. The molecule has 1 N–H and O–H groups in total. The maximum Gasteiger partial charge on any atom is 0.158 e. The molecule has 1 rings (SSSR count). The molecule has 8 heavy (non-hydrogen) atoms. The van der Waals surface area contributed by atoms with Crippen molar-refractivity contribution in [3.8, 4) is 0 Å². The van der Waals surface area contributed by atoms with E-state index in [1.165, 1.54) is 10.6 Å². The lowest BCUT2D eigenvalue weighted by atomic mass is 10.4. The van der Waals surface area contributed by atoms with Crippen molar-refractivity contribution in [1.82, 2.24) is 4.98 Å². The molecule has 0 fully saturated rings. The van der Waals surface area contributed by atoms with Crippen LogP contribution in [0.25, 0.3) is 0 Å². The minimum atomic E-state index is 0.875. The first-order valence-electron chi connectivity index (χ1n) is 2.36. The average Bonchev–Trinajstić information content (AvgIpc) is 1.85. The summed E-state index contributed by atoms with van der Waals surface area (Å²) in [6, 6.07) is 0. The molecule has 1 aromatic heterocycles. The van der Waals surface area contributed by atoms with Crippen LogP contribution >= 0.6 is 23.6 Å². The van der Waals surface area contributed by atoms with Gasteiger partial charge in [-0.05, 0) is 26.1 Å². The first kappa shape index (κ1) is 5.98. The number of thiazole rings is 1. The maximum atomic E-state index is 4.88. The summed E-state index contributed by atoms with van der Waals surface area (Å²) in [5.41, 5.74) is 1.19. The summed E-state index contributed by atoms with van der Waals surface area (Å²) < 4.78 is 0.875. The molecule has 0 saturated heterocycles. The van der Waals surface area contributed by atoms with Crippen LogP contribution in [0.2, 0.25) is 0 Å². The van der Waals surface area contributed by atoms with E-state index in [0.29, 0.717) is 0 Å². The Balaban J connectivity index is 3.35. The van der Waals surface area contributed by atoms with Crippen LogP contribution in [0, 0.1) is 17.8 Å². The Morgan fingerprint density at radius 1 is 1.50 bits per heavy atom. The smallest absolute Gasteiger partial charge is 0.158 e. The fourth-order valence-electron chi connectivity index (χ4n) is 0.482. The maximum absolute atomic E-state index is 4.88. The minimum Gasteiger partial charge on any atom is -0.341 e. The summed E-state index contributed by atoms with van der Waals surface area (Å²) in [5, 5.41) is 0. The second-order valence-electron chi connectivity index (χ2n) is 1.70. The van der Waals surface area contributed by atoms with E-state index in [1.807, 2.05) is 6.92 Å². The Morgan fingerprint density at radius 2 is 2.12 bits per heavy atom. The van der Waals surface area contributed by atoms with Gasteiger partial charge in [0.15, 0.2) is 3.95 Å². The number of hydrogen-bond donors (Lipinski definition) is 1. The highest BCUT2D eigenvalue weighted by Gasteiger charge is 1.91. The number of rotatable bonds is 0. The molecule has 0 amide bonds. The molecule has 0 spiro atoms. The normalized spacial score (nSPS) is 9.75. The van der Waals surface area contributed by atoms with Gasteiger partial charge in [-0.2, -0.15) is 0 Å². The summed E-state index contributed by atoms with van der Waals surface area (Å²) in [5.74, 6) is 0. The molecule has 3 heteroatoms. The van der Waals surface area contributed by atoms with Gasteiger partial charge in [-0.25, -0.2) is 0 Å². The van der Waals surface area contributed by atoms with Crippen molar-refractivity contribution in [2.75, 3.05) is 0 Å². The third kappa shape index (κ3) is 0.980. The first-order valence-corrected chi connectivity index (χ1v) is 3.59. The van der Waals surface area contributed by atoms with Gasteiger partial charge in [0.1, 0.15) is 0 Å². The zero-order valence-electron chi connectivity index (χ0n) is 4.82. The van der Waals surface area contributed by atoms with Crippen molar-refractivity contribution < 1.29 is 0 Å². The van der Waals surface area contributed by atoms with E-state index >= 15 is 0 Å². The van der Waals surface area contributed by atoms with Crippen LogP contribution in [0.4, 0.5) is 0 Å². The zero-order valence-corrected chi connectivity index (χ0v) is 6.45. The molecule has 0 atom stereocenters. The predicted octanol–water partition coefficient (Wildman–Crippen LogP) is 2.42. The minimum absolute atomic E-state index is 0.875. The van der Waals surface area contributed by atoms with Crippen molar-refractivity contribution in [2.45, 2.75) is 13.8 Å². The van der Waals surface area contributed by atoms with Gasteiger partial charge in [0.25, 0.3) is 0 Å². The Kier molecular flexibility index (Phi) is 1.49. The molecule has 0 aromatic carbocycles. The highest BCUT2D eigenvalue weighted by molar-refractivity contribution is 7.73. The third-order valence-corrected chi connectivity index (χ3v) is 2.32. The molecule has 0 saturated carbocycles. The van der Waals surface area contributed by atoms with E-state index in [2.05, 4.69) is 11.9 Å². The topological polar surface area (TPSA) is 15.8 Å². The standard InChI is InChI=1S/C5H7NS2/c1-3-4(2)8-5(7)6-3/h1-2H3,(H,6,7). The molecular weight excluding hydrogens is 138 g/mol. The molecule has 0 bridgehead atoms. The van der Waals surface area contributed by atoms with Gasteiger partial charge in [0.05, 0.1) is 0 Å². The zero-order chi connectivity index (χ0) is 6.15. The first-order chi connectivity index (χ1) is 3.70. The van der Waals surface area contributed by atoms with Gasteiger partial charge in [-0.15, -0.1) is 11.3 Å². The lowest BCUT2D eigenvalue weighted by molar-refractivity contribution is 1.22. The van der Waals surface area contributed by atoms with Crippen LogP contribution in [0.1, 0.15) is 10.6 Å². The second-order valence-corrected chi connectivity index (χ2v) is 3.59. The Hall–Kier alpha value is -0.150. The monoisotopic (exact) mass is 145 g/mol. The quantitative estimate of drug-likeness (QED) is 0.554. The van der Waals surface area contributed by atoms with Crippen LogP contribution in [0.3, 0.4) is 0 Å². The van der Waals surface area contributed by atoms with E-state index < -0.39 is 0 Å². The highest BCUT2D eigenvalue weighted by Crippen LogP contribution is 2.11. The largest absolute Gasteiger partial charge is 0.341 e. The molecule has 1 nitrogen and oxygen atoms in total. The fraction of sp³-hybridized carbons (Fsp3) is 0.400. The second kappa shape index (κ2) is 1.99. The average molecular weight is 145 g/mol. The van der Waals surface area contributed by atoms with Crippen LogP contribution < -0.4 is 0 Å². The molecule has 0 aliphatic heterocycles. The predicted molar refractivity (Wildman–Crippen MR) is 39.0 cm³/mol. The van der Waals surface area contributed by atoms with Gasteiger partial charge in [0.2, 0.25) is 0 Å². The van der Waals surface area contributed by atoms with Gasteiger partial charge in [-0.3, -0.25) is 0 Å². The summed E-state index contributed by atoms with van der Waals surface area (Å²) in [7, 11) is 0. The van der Waals surface area contributed by atoms with E-state index in [4.69, 9.17) is 12.2 Å². The molecule has 1 heterocycles. The molecule has 44 valence electrons. The Morgan fingerprint density at radius 3 is 2.25 bits per heavy atom. The third-order valence-electron chi connectivity index (χ3n) is 1.06. The molecular formula is C5H7NS2. The van der Waals surface area contributed by atoms with Gasteiger partial charge < -0.3 is 4.98 Å². The number of hydrogen-bond acceptors (Lipinski definition) is 2. The summed E-state index contributed by atoms with van der Waals surface area (Å²) >= 11 is 6.51. The van der Waals surface area contributed by atoms with Gasteiger partial charge >= 0.3 is 0 Å².